The second-order valence-electron chi connectivity index (χ2n) is 4.20. The van der Waals surface area contributed by atoms with E-state index in [1.165, 1.54) is 6.07 Å². The molecule has 2 N–H and O–H groups in total. The zero-order valence-electron chi connectivity index (χ0n) is 10.2. The lowest BCUT2D eigenvalue weighted by molar-refractivity contribution is 0.0702. The van der Waals surface area contributed by atoms with Crippen LogP contribution in [-0.4, -0.2) is 23.0 Å². The molecule has 1 aromatic rings. The van der Waals surface area contributed by atoms with Gasteiger partial charge in [0.05, 0.1) is 4.88 Å². The van der Waals surface area contributed by atoms with E-state index < -0.39 is 5.97 Å². The van der Waals surface area contributed by atoms with Crippen molar-refractivity contribution in [3.05, 3.63) is 21.9 Å². The van der Waals surface area contributed by atoms with Crippen molar-refractivity contribution in [2.45, 2.75) is 33.2 Å². The fourth-order valence-corrected chi connectivity index (χ4v) is 2.30. The number of thiophene rings is 1. The predicted molar refractivity (Wildman–Crippen MR) is 67.7 cm³/mol. The van der Waals surface area contributed by atoms with Crippen molar-refractivity contribution in [3.63, 3.8) is 0 Å². The van der Waals surface area contributed by atoms with Crippen LogP contribution in [0.5, 0.6) is 0 Å². The summed E-state index contributed by atoms with van der Waals surface area (Å²) in [6.45, 7) is 6.11. The standard InChI is InChI=1S/C12H17NO3S/c1-4-8(7(2)3)13-11(14)9-5-6-10(17-9)12(15)16/h5-8H,4H2,1-3H3,(H,13,14)(H,15,16). The zero-order chi connectivity index (χ0) is 13.0. The van der Waals surface area contributed by atoms with E-state index in [1.807, 2.05) is 20.8 Å². The molecule has 0 aliphatic rings. The summed E-state index contributed by atoms with van der Waals surface area (Å²) in [6.07, 6.45) is 0.862. The molecule has 1 amide bonds. The van der Waals surface area contributed by atoms with Crippen LogP contribution in [-0.2, 0) is 0 Å². The Morgan fingerprint density at radius 3 is 2.35 bits per heavy atom. The maximum atomic E-state index is 11.9. The number of hydrogen-bond acceptors (Lipinski definition) is 3. The smallest absolute Gasteiger partial charge is 0.345 e. The molecule has 0 bridgehead atoms. The Hall–Kier alpha value is -1.36. The monoisotopic (exact) mass is 255 g/mol. The maximum absolute atomic E-state index is 11.9. The van der Waals surface area contributed by atoms with Gasteiger partial charge in [-0.3, -0.25) is 4.79 Å². The fraction of sp³-hybridized carbons (Fsp3) is 0.500. The molecule has 1 rings (SSSR count). The molecule has 0 aliphatic carbocycles. The van der Waals surface area contributed by atoms with Crippen molar-refractivity contribution in [1.29, 1.82) is 0 Å². The van der Waals surface area contributed by atoms with Crippen LogP contribution in [0.15, 0.2) is 12.1 Å². The van der Waals surface area contributed by atoms with Crippen LogP contribution in [0.2, 0.25) is 0 Å². The molecule has 1 unspecified atom stereocenters. The van der Waals surface area contributed by atoms with E-state index in [1.54, 1.807) is 6.07 Å². The SMILES string of the molecule is CCC(NC(=O)c1ccc(C(=O)O)s1)C(C)C. The number of hydrogen-bond donors (Lipinski definition) is 2. The molecule has 17 heavy (non-hydrogen) atoms. The molecule has 1 heterocycles. The van der Waals surface area contributed by atoms with Gasteiger partial charge in [0, 0.05) is 6.04 Å². The van der Waals surface area contributed by atoms with E-state index in [2.05, 4.69) is 5.32 Å². The van der Waals surface area contributed by atoms with Gasteiger partial charge in [0.15, 0.2) is 0 Å². The van der Waals surface area contributed by atoms with Gasteiger partial charge in [-0.15, -0.1) is 11.3 Å². The number of carboxylic acid groups (broad SMARTS) is 1. The van der Waals surface area contributed by atoms with Gasteiger partial charge in [-0.05, 0) is 24.5 Å². The van der Waals surface area contributed by atoms with Crippen LogP contribution in [0.3, 0.4) is 0 Å². The molecule has 94 valence electrons. The Labute approximate surface area is 105 Å². The van der Waals surface area contributed by atoms with Crippen LogP contribution < -0.4 is 5.32 Å². The quantitative estimate of drug-likeness (QED) is 0.850. The number of rotatable bonds is 5. The van der Waals surface area contributed by atoms with Crippen LogP contribution >= 0.6 is 11.3 Å². The third kappa shape index (κ3) is 3.56. The topological polar surface area (TPSA) is 66.4 Å². The second kappa shape index (κ2) is 5.82. The van der Waals surface area contributed by atoms with Crippen molar-refractivity contribution >= 4 is 23.2 Å². The summed E-state index contributed by atoms with van der Waals surface area (Å²) < 4.78 is 0. The van der Waals surface area contributed by atoms with Gasteiger partial charge >= 0.3 is 5.97 Å². The number of amides is 1. The summed E-state index contributed by atoms with van der Waals surface area (Å²) in [4.78, 5) is 23.2. The van der Waals surface area contributed by atoms with E-state index >= 15 is 0 Å². The number of carbonyl (C=O) groups is 2. The fourth-order valence-electron chi connectivity index (χ4n) is 1.55. The average Bonchev–Trinajstić information content (AvgIpc) is 2.74. The largest absolute Gasteiger partial charge is 0.477 e. The van der Waals surface area contributed by atoms with Gasteiger partial charge in [-0.1, -0.05) is 20.8 Å². The number of carboxylic acids is 1. The molecule has 0 radical (unpaired) electrons. The molecule has 4 nitrogen and oxygen atoms in total. The lowest BCUT2D eigenvalue weighted by atomic mass is 10.0. The highest BCUT2D eigenvalue weighted by Crippen LogP contribution is 2.17. The highest BCUT2D eigenvalue weighted by Gasteiger charge is 2.17. The Balaban J connectivity index is 2.72. The molecule has 5 heteroatoms. The third-order valence-corrected chi connectivity index (χ3v) is 3.67. The van der Waals surface area contributed by atoms with Crippen LogP contribution in [0.1, 0.15) is 46.5 Å². The van der Waals surface area contributed by atoms with Crippen molar-refractivity contribution in [2.75, 3.05) is 0 Å². The number of nitrogens with one attached hydrogen (secondary N) is 1. The summed E-state index contributed by atoms with van der Waals surface area (Å²) >= 11 is 1.00. The van der Waals surface area contributed by atoms with Crippen LogP contribution in [0.25, 0.3) is 0 Å². The molecule has 0 saturated heterocycles. The molecule has 0 fully saturated rings. The maximum Gasteiger partial charge on any atom is 0.345 e. The minimum absolute atomic E-state index is 0.123. The van der Waals surface area contributed by atoms with E-state index in [-0.39, 0.29) is 16.8 Å². The molecule has 1 aromatic heterocycles. The Bertz CT molecular complexity index is 412. The third-order valence-electron chi connectivity index (χ3n) is 2.60. The van der Waals surface area contributed by atoms with E-state index in [9.17, 15) is 9.59 Å². The summed E-state index contributed by atoms with van der Waals surface area (Å²) in [6, 6.07) is 3.13. The molecular formula is C12H17NO3S. The van der Waals surface area contributed by atoms with E-state index in [0.717, 1.165) is 17.8 Å². The predicted octanol–water partition coefficient (Wildman–Crippen LogP) is 2.61. The Kier molecular flexibility index (Phi) is 4.69. The lowest BCUT2D eigenvalue weighted by Crippen LogP contribution is -2.37. The van der Waals surface area contributed by atoms with E-state index in [4.69, 9.17) is 5.11 Å². The van der Waals surface area contributed by atoms with Crippen molar-refractivity contribution in [2.24, 2.45) is 5.92 Å². The van der Waals surface area contributed by atoms with Gasteiger partial charge in [-0.25, -0.2) is 4.79 Å². The van der Waals surface area contributed by atoms with Crippen molar-refractivity contribution in [3.8, 4) is 0 Å². The van der Waals surface area contributed by atoms with Crippen molar-refractivity contribution in [1.82, 2.24) is 5.32 Å². The molecule has 0 aliphatic heterocycles. The van der Waals surface area contributed by atoms with Gasteiger partial charge in [-0.2, -0.15) is 0 Å². The first kappa shape index (κ1) is 13.7. The highest BCUT2D eigenvalue weighted by atomic mass is 32.1. The van der Waals surface area contributed by atoms with Crippen molar-refractivity contribution < 1.29 is 14.7 Å². The Morgan fingerprint density at radius 1 is 1.35 bits per heavy atom. The minimum atomic E-state index is -0.995. The zero-order valence-corrected chi connectivity index (χ0v) is 11.0. The van der Waals surface area contributed by atoms with Gasteiger partial charge < -0.3 is 10.4 Å². The second-order valence-corrected chi connectivity index (χ2v) is 5.29. The van der Waals surface area contributed by atoms with Crippen LogP contribution in [0, 0.1) is 5.92 Å². The molecule has 0 aromatic carbocycles. The van der Waals surface area contributed by atoms with Gasteiger partial charge in [0.25, 0.3) is 5.91 Å². The first-order valence-corrected chi connectivity index (χ1v) is 6.41. The molecular weight excluding hydrogens is 238 g/mol. The summed E-state index contributed by atoms with van der Waals surface area (Å²) in [5, 5.41) is 11.7. The number of carbonyl (C=O) groups excluding carboxylic acids is 1. The molecule has 0 saturated carbocycles. The average molecular weight is 255 g/mol. The van der Waals surface area contributed by atoms with Gasteiger partial charge in [0.1, 0.15) is 4.88 Å². The first-order valence-electron chi connectivity index (χ1n) is 5.59. The summed E-state index contributed by atoms with van der Waals surface area (Å²) in [5.74, 6) is -0.823. The number of aromatic carboxylic acids is 1. The Morgan fingerprint density at radius 2 is 1.94 bits per heavy atom. The van der Waals surface area contributed by atoms with Gasteiger partial charge in [0.2, 0.25) is 0 Å². The normalized spacial score (nSPS) is 12.5. The van der Waals surface area contributed by atoms with Crippen LogP contribution in [0.4, 0.5) is 0 Å². The highest BCUT2D eigenvalue weighted by molar-refractivity contribution is 7.15. The summed E-state index contributed by atoms with van der Waals surface area (Å²) in [5.41, 5.74) is 0. The first-order chi connectivity index (χ1) is 7.95. The molecule has 1 atom stereocenters. The van der Waals surface area contributed by atoms with E-state index in [0.29, 0.717) is 10.8 Å². The lowest BCUT2D eigenvalue weighted by Gasteiger charge is -2.20. The minimum Gasteiger partial charge on any atom is -0.477 e. The molecule has 0 spiro atoms. The summed E-state index contributed by atoms with van der Waals surface area (Å²) in [7, 11) is 0.